The molecular formula is C12H19N3O2S. The molecule has 0 aromatic carbocycles. The fraction of sp³-hybridized carbons (Fsp3) is 0.667. The van der Waals surface area contributed by atoms with Gasteiger partial charge in [-0.05, 0) is 19.8 Å². The van der Waals surface area contributed by atoms with Crippen molar-refractivity contribution in [2.75, 3.05) is 6.54 Å². The maximum Gasteiger partial charge on any atom is 0.315 e. The second-order valence-electron chi connectivity index (χ2n) is 4.83. The van der Waals surface area contributed by atoms with Gasteiger partial charge in [0, 0.05) is 17.6 Å². The molecule has 0 saturated heterocycles. The van der Waals surface area contributed by atoms with E-state index >= 15 is 0 Å². The van der Waals surface area contributed by atoms with Crippen LogP contribution in [0.1, 0.15) is 35.6 Å². The summed E-state index contributed by atoms with van der Waals surface area (Å²) in [5, 5.41) is 16.4. The number of nitrogens with one attached hydrogen (secondary N) is 2. The first kappa shape index (κ1) is 13.3. The minimum absolute atomic E-state index is 0.247. The van der Waals surface area contributed by atoms with Crippen LogP contribution in [0.5, 0.6) is 0 Å². The van der Waals surface area contributed by atoms with Crippen molar-refractivity contribution in [1.82, 2.24) is 15.6 Å². The number of hydrogen-bond donors (Lipinski definition) is 3. The molecule has 1 aliphatic carbocycles. The number of carbonyl (C=O) groups is 1. The van der Waals surface area contributed by atoms with Crippen LogP contribution in [0.2, 0.25) is 0 Å². The van der Waals surface area contributed by atoms with Gasteiger partial charge in [0.15, 0.2) is 0 Å². The molecule has 0 unspecified atom stereocenters. The lowest BCUT2D eigenvalue weighted by molar-refractivity contribution is 0.0501. The van der Waals surface area contributed by atoms with Crippen molar-refractivity contribution >= 4 is 17.4 Å². The molecule has 0 radical (unpaired) electrons. The molecule has 3 N–H and O–H groups in total. The van der Waals surface area contributed by atoms with Crippen LogP contribution in [-0.2, 0) is 6.54 Å². The smallest absolute Gasteiger partial charge is 0.315 e. The lowest BCUT2D eigenvalue weighted by atomic mass is 10.0. The van der Waals surface area contributed by atoms with Crippen molar-refractivity contribution in [2.45, 2.75) is 44.8 Å². The number of aliphatic hydroxyl groups is 1. The summed E-state index contributed by atoms with van der Waals surface area (Å²) in [6.45, 7) is 2.75. The Labute approximate surface area is 111 Å². The van der Waals surface area contributed by atoms with Gasteiger partial charge in [-0.15, -0.1) is 11.3 Å². The molecule has 1 aromatic rings. The van der Waals surface area contributed by atoms with Gasteiger partial charge in [0.05, 0.1) is 12.1 Å². The highest BCUT2D eigenvalue weighted by atomic mass is 32.1. The summed E-state index contributed by atoms with van der Waals surface area (Å²) in [5.74, 6) is 0. The number of nitrogens with zero attached hydrogens (tertiary/aromatic N) is 1. The van der Waals surface area contributed by atoms with Crippen LogP contribution in [0.25, 0.3) is 0 Å². The molecule has 0 spiro atoms. The molecule has 100 valence electrons. The van der Waals surface area contributed by atoms with E-state index in [1.54, 1.807) is 17.5 Å². The zero-order valence-corrected chi connectivity index (χ0v) is 11.3. The third-order valence-electron chi connectivity index (χ3n) is 3.18. The van der Waals surface area contributed by atoms with E-state index in [-0.39, 0.29) is 6.03 Å². The third kappa shape index (κ3) is 3.68. The fourth-order valence-electron chi connectivity index (χ4n) is 2.16. The van der Waals surface area contributed by atoms with E-state index in [4.69, 9.17) is 0 Å². The zero-order chi connectivity index (χ0) is 13.0. The van der Waals surface area contributed by atoms with E-state index in [9.17, 15) is 9.90 Å². The van der Waals surface area contributed by atoms with Crippen LogP contribution >= 0.6 is 11.3 Å². The number of aryl methyl sites for hydroxylation is 1. The van der Waals surface area contributed by atoms with Crippen molar-refractivity contribution in [2.24, 2.45) is 0 Å². The molecule has 0 aliphatic heterocycles. The summed E-state index contributed by atoms with van der Waals surface area (Å²) in [4.78, 5) is 16.9. The molecule has 1 aliphatic rings. The van der Waals surface area contributed by atoms with Gasteiger partial charge in [-0.2, -0.15) is 0 Å². The van der Waals surface area contributed by atoms with E-state index < -0.39 is 5.60 Å². The van der Waals surface area contributed by atoms with Crippen molar-refractivity contribution in [3.8, 4) is 0 Å². The van der Waals surface area contributed by atoms with E-state index in [0.717, 1.165) is 35.6 Å². The first-order valence-electron chi connectivity index (χ1n) is 6.23. The summed E-state index contributed by atoms with van der Waals surface area (Å²) in [6, 6.07) is -0.247. The van der Waals surface area contributed by atoms with Crippen LogP contribution in [-0.4, -0.2) is 28.3 Å². The Balaban J connectivity index is 1.69. The molecule has 2 amide bonds. The minimum Gasteiger partial charge on any atom is -0.388 e. The predicted molar refractivity (Wildman–Crippen MR) is 70.5 cm³/mol. The quantitative estimate of drug-likeness (QED) is 0.776. The first-order chi connectivity index (χ1) is 8.57. The molecule has 18 heavy (non-hydrogen) atoms. The number of urea groups is 1. The van der Waals surface area contributed by atoms with Gasteiger partial charge in [-0.1, -0.05) is 12.8 Å². The molecule has 0 bridgehead atoms. The number of hydrogen-bond acceptors (Lipinski definition) is 4. The van der Waals surface area contributed by atoms with Crippen molar-refractivity contribution in [1.29, 1.82) is 0 Å². The number of amides is 2. The van der Waals surface area contributed by atoms with Gasteiger partial charge in [-0.3, -0.25) is 0 Å². The predicted octanol–water partition coefficient (Wildman–Crippen LogP) is 1.56. The summed E-state index contributed by atoms with van der Waals surface area (Å²) in [6.07, 6.45) is 5.43. The van der Waals surface area contributed by atoms with Crippen LogP contribution in [0.15, 0.2) is 6.20 Å². The number of aromatic nitrogens is 1. The summed E-state index contributed by atoms with van der Waals surface area (Å²) >= 11 is 1.57. The van der Waals surface area contributed by atoms with Crippen LogP contribution in [0.4, 0.5) is 4.79 Å². The lowest BCUT2D eigenvalue weighted by Crippen LogP contribution is -2.44. The van der Waals surface area contributed by atoms with Gasteiger partial charge in [0.1, 0.15) is 5.01 Å². The van der Waals surface area contributed by atoms with Crippen LogP contribution < -0.4 is 10.6 Å². The Morgan fingerprint density at radius 2 is 2.22 bits per heavy atom. The maximum absolute atomic E-state index is 11.6. The van der Waals surface area contributed by atoms with Gasteiger partial charge in [0.2, 0.25) is 0 Å². The largest absolute Gasteiger partial charge is 0.388 e. The fourth-order valence-corrected chi connectivity index (χ4v) is 2.88. The Morgan fingerprint density at radius 1 is 1.50 bits per heavy atom. The number of thiazole rings is 1. The van der Waals surface area contributed by atoms with Crippen LogP contribution in [0, 0.1) is 6.92 Å². The van der Waals surface area contributed by atoms with Crippen molar-refractivity contribution in [3.63, 3.8) is 0 Å². The van der Waals surface area contributed by atoms with Gasteiger partial charge >= 0.3 is 6.03 Å². The molecule has 0 atom stereocenters. The lowest BCUT2D eigenvalue weighted by Gasteiger charge is -2.22. The molecule has 1 heterocycles. The SMILES string of the molecule is Cc1cnc(CNC(=O)NCC2(O)CCCC2)s1. The monoisotopic (exact) mass is 269 g/mol. The average Bonchev–Trinajstić information content (AvgIpc) is 2.94. The van der Waals surface area contributed by atoms with E-state index in [1.165, 1.54) is 0 Å². The standard InChI is InChI=1S/C12H19N3O2S/c1-9-6-13-10(18-9)7-14-11(16)15-8-12(17)4-2-3-5-12/h6,17H,2-5,7-8H2,1H3,(H2,14,15,16). The topological polar surface area (TPSA) is 74.2 Å². The molecule has 1 saturated carbocycles. The third-order valence-corrected chi connectivity index (χ3v) is 4.09. The van der Waals surface area contributed by atoms with E-state index in [1.807, 2.05) is 6.92 Å². The Kier molecular flexibility index (Phi) is 4.19. The van der Waals surface area contributed by atoms with E-state index in [0.29, 0.717) is 13.1 Å². The molecule has 1 fully saturated rings. The summed E-state index contributed by atoms with van der Waals surface area (Å²) in [5.41, 5.74) is -0.699. The Morgan fingerprint density at radius 3 is 2.83 bits per heavy atom. The second kappa shape index (κ2) is 5.67. The highest BCUT2D eigenvalue weighted by Crippen LogP contribution is 2.28. The summed E-state index contributed by atoms with van der Waals surface area (Å²) < 4.78 is 0. The van der Waals surface area contributed by atoms with Gasteiger partial charge < -0.3 is 15.7 Å². The van der Waals surface area contributed by atoms with Gasteiger partial charge in [-0.25, -0.2) is 9.78 Å². The molecule has 1 aromatic heterocycles. The Hall–Kier alpha value is -1.14. The molecule has 2 rings (SSSR count). The highest BCUT2D eigenvalue weighted by molar-refractivity contribution is 7.11. The van der Waals surface area contributed by atoms with Crippen molar-refractivity contribution < 1.29 is 9.90 Å². The van der Waals surface area contributed by atoms with Crippen LogP contribution in [0.3, 0.4) is 0 Å². The normalized spacial score (nSPS) is 17.7. The van der Waals surface area contributed by atoms with Crippen molar-refractivity contribution in [3.05, 3.63) is 16.1 Å². The van der Waals surface area contributed by atoms with Gasteiger partial charge in [0.25, 0.3) is 0 Å². The highest BCUT2D eigenvalue weighted by Gasteiger charge is 2.31. The maximum atomic E-state index is 11.6. The first-order valence-corrected chi connectivity index (χ1v) is 7.04. The second-order valence-corrected chi connectivity index (χ2v) is 6.15. The average molecular weight is 269 g/mol. The minimum atomic E-state index is -0.699. The Bertz CT molecular complexity index is 413. The number of carbonyl (C=O) groups excluding carboxylic acids is 1. The molecular weight excluding hydrogens is 250 g/mol. The van der Waals surface area contributed by atoms with E-state index in [2.05, 4.69) is 15.6 Å². The number of rotatable bonds is 4. The molecule has 5 nitrogen and oxygen atoms in total. The molecule has 6 heteroatoms. The zero-order valence-electron chi connectivity index (χ0n) is 10.5. The summed E-state index contributed by atoms with van der Waals surface area (Å²) in [7, 11) is 0.